The van der Waals surface area contributed by atoms with E-state index in [0.717, 1.165) is 5.56 Å². The number of benzene rings is 1. The van der Waals surface area contributed by atoms with Crippen LogP contribution in [-0.2, 0) is 0 Å². The third-order valence-electron chi connectivity index (χ3n) is 1.61. The van der Waals surface area contributed by atoms with E-state index in [4.69, 9.17) is 13.6 Å². The lowest BCUT2D eigenvalue weighted by atomic mass is 9.90. The molecule has 0 fully saturated rings. The van der Waals surface area contributed by atoms with Gasteiger partial charge in [0.1, 0.15) is 13.5 Å². The summed E-state index contributed by atoms with van der Waals surface area (Å²) in [6.07, 6.45) is 0. The van der Waals surface area contributed by atoms with Crippen LogP contribution in [-0.4, -0.2) is 12.8 Å². The normalized spacial score (nSPS) is 9.75. The summed E-state index contributed by atoms with van der Waals surface area (Å²) in [6, 6.07) is 2.76. The highest BCUT2D eigenvalue weighted by Crippen LogP contribution is 2.19. The minimum absolute atomic E-state index is 0.141. The van der Waals surface area contributed by atoms with Gasteiger partial charge in [-0.3, -0.25) is 10.1 Å². The van der Waals surface area contributed by atoms with Crippen LogP contribution in [0.2, 0.25) is 0 Å². The lowest BCUT2D eigenvalue weighted by Crippen LogP contribution is -2.10. The van der Waals surface area contributed by atoms with Gasteiger partial charge in [0.05, 0.1) is 4.92 Å². The summed E-state index contributed by atoms with van der Waals surface area (Å²) < 4.78 is 0. The molecular formula is C7H7BN2O2. The van der Waals surface area contributed by atoms with Gasteiger partial charge in [-0.05, 0) is 13.0 Å². The molecule has 4 nitrogen and oxygen atoms in total. The number of nitrogens with zero attached hydrogens (tertiary/aromatic N) is 1. The first-order valence-electron chi connectivity index (χ1n) is 3.32. The molecule has 0 saturated carbocycles. The molecule has 5 heteroatoms. The molecule has 0 heterocycles. The van der Waals surface area contributed by atoms with Crippen LogP contribution < -0.4 is 11.2 Å². The molecule has 0 aliphatic carbocycles. The molecule has 0 saturated heterocycles. The molecule has 60 valence electrons. The van der Waals surface area contributed by atoms with Gasteiger partial charge >= 0.3 is 0 Å². The lowest BCUT2D eigenvalue weighted by Gasteiger charge is -2.02. The van der Waals surface area contributed by atoms with Crippen molar-refractivity contribution < 1.29 is 4.92 Å². The van der Waals surface area contributed by atoms with Crippen molar-refractivity contribution >= 4 is 24.7 Å². The Morgan fingerprint density at radius 2 is 2.17 bits per heavy atom. The predicted octanol–water partition coefficient (Wildman–Crippen LogP) is 0.279. The quantitative estimate of drug-likeness (QED) is 0.279. The molecule has 1 aromatic carbocycles. The van der Waals surface area contributed by atoms with Crippen LogP contribution in [0.25, 0.3) is 0 Å². The Morgan fingerprint density at radius 3 is 2.67 bits per heavy atom. The zero-order valence-corrected chi connectivity index (χ0v) is 6.57. The molecule has 0 aliphatic heterocycles. The van der Waals surface area contributed by atoms with E-state index < -0.39 is 4.92 Å². The zero-order valence-electron chi connectivity index (χ0n) is 6.57. The van der Waals surface area contributed by atoms with E-state index in [9.17, 15) is 10.1 Å². The summed E-state index contributed by atoms with van der Waals surface area (Å²) in [5, 5.41) is 10.4. The van der Waals surface area contributed by atoms with Gasteiger partial charge in [-0.15, -0.1) is 0 Å². The van der Waals surface area contributed by atoms with Crippen LogP contribution in [0.1, 0.15) is 5.56 Å². The first-order chi connectivity index (χ1) is 5.52. The summed E-state index contributed by atoms with van der Waals surface area (Å²) in [4.78, 5) is 9.80. The van der Waals surface area contributed by atoms with Crippen LogP contribution in [0.3, 0.4) is 0 Å². The van der Waals surface area contributed by atoms with Gasteiger partial charge in [-0.1, -0.05) is 11.0 Å². The van der Waals surface area contributed by atoms with Crippen LogP contribution in [0, 0.1) is 17.0 Å². The monoisotopic (exact) mass is 162 g/mol. The fourth-order valence-corrected chi connectivity index (χ4v) is 0.893. The van der Waals surface area contributed by atoms with Gasteiger partial charge in [-0.2, -0.15) is 0 Å². The van der Waals surface area contributed by atoms with E-state index in [1.165, 1.54) is 12.1 Å². The molecule has 1 rings (SSSR count). The van der Waals surface area contributed by atoms with E-state index in [2.05, 4.69) is 0 Å². The van der Waals surface area contributed by atoms with Crippen LogP contribution >= 0.6 is 0 Å². The average molecular weight is 162 g/mol. The third kappa shape index (κ3) is 1.39. The maximum atomic E-state index is 10.4. The zero-order chi connectivity index (χ0) is 9.30. The summed E-state index contributed by atoms with van der Waals surface area (Å²) in [6.45, 7) is 1.75. The molecule has 1 aromatic rings. The van der Waals surface area contributed by atoms with Crippen molar-refractivity contribution in [2.75, 3.05) is 5.73 Å². The van der Waals surface area contributed by atoms with E-state index in [0.29, 0.717) is 5.46 Å². The Labute approximate surface area is 70.9 Å². The Bertz CT molecular complexity index is 338. The minimum Gasteiger partial charge on any atom is -0.393 e. The molecular weight excluding hydrogens is 155 g/mol. The third-order valence-corrected chi connectivity index (χ3v) is 1.61. The van der Waals surface area contributed by atoms with Gasteiger partial charge < -0.3 is 5.73 Å². The number of hydrogen-bond donors (Lipinski definition) is 1. The number of anilines is 1. The largest absolute Gasteiger partial charge is 0.393 e. The fraction of sp³-hybridized carbons (Fsp3) is 0.143. The molecule has 0 unspecified atom stereocenters. The van der Waals surface area contributed by atoms with Gasteiger partial charge in [-0.25, -0.2) is 0 Å². The summed E-state index contributed by atoms with van der Waals surface area (Å²) >= 11 is 0. The Hall–Kier alpha value is -1.52. The molecule has 0 amide bonds. The molecule has 0 spiro atoms. The summed E-state index contributed by atoms with van der Waals surface area (Å²) in [5.41, 5.74) is 6.53. The van der Waals surface area contributed by atoms with Crippen LogP contribution in [0.15, 0.2) is 12.1 Å². The van der Waals surface area contributed by atoms with E-state index in [1.807, 2.05) is 0 Å². The second-order valence-corrected chi connectivity index (χ2v) is 2.52. The number of nitrogen functional groups attached to an aromatic ring is 1. The second-order valence-electron chi connectivity index (χ2n) is 2.52. The minimum atomic E-state index is -0.550. The topological polar surface area (TPSA) is 69.2 Å². The van der Waals surface area contributed by atoms with Crippen molar-refractivity contribution in [3.8, 4) is 0 Å². The molecule has 12 heavy (non-hydrogen) atoms. The highest BCUT2D eigenvalue weighted by molar-refractivity contribution is 6.33. The summed E-state index contributed by atoms with van der Waals surface area (Å²) in [7, 11) is 5.47. The number of aryl methyl sites for hydroxylation is 1. The molecule has 0 aromatic heterocycles. The van der Waals surface area contributed by atoms with E-state index in [1.54, 1.807) is 6.92 Å². The number of nitrogens with two attached hydrogens (primary N) is 1. The van der Waals surface area contributed by atoms with Gasteiger partial charge in [0.25, 0.3) is 5.69 Å². The van der Waals surface area contributed by atoms with Gasteiger partial charge in [0.15, 0.2) is 0 Å². The van der Waals surface area contributed by atoms with E-state index in [-0.39, 0.29) is 11.4 Å². The van der Waals surface area contributed by atoms with Crippen molar-refractivity contribution in [1.82, 2.24) is 0 Å². The molecule has 0 atom stereocenters. The molecule has 0 aliphatic rings. The van der Waals surface area contributed by atoms with Gasteiger partial charge in [0.2, 0.25) is 0 Å². The fourth-order valence-electron chi connectivity index (χ4n) is 0.893. The Morgan fingerprint density at radius 1 is 1.58 bits per heavy atom. The number of nitro groups is 1. The smallest absolute Gasteiger partial charge is 0.291 e. The molecule has 2 radical (unpaired) electrons. The molecule has 0 bridgehead atoms. The highest BCUT2D eigenvalue weighted by Gasteiger charge is 2.11. The van der Waals surface area contributed by atoms with Crippen molar-refractivity contribution in [3.05, 3.63) is 27.8 Å². The predicted molar refractivity (Wildman–Crippen MR) is 47.6 cm³/mol. The van der Waals surface area contributed by atoms with Crippen molar-refractivity contribution in [3.63, 3.8) is 0 Å². The van der Waals surface area contributed by atoms with Crippen LogP contribution in [0.4, 0.5) is 11.4 Å². The lowest BCUT2D eigenvalue weighted by molar-refractivity contribution is -0.383. The molecule has 2 N–H and O–H groups in total. The first kappa shape index (κ1) is 8.58. The summed E-state index contributed by atoms with van der Waals surface area (Å²) in [5.74, 6) is 0. The van der Waals surface area contributed by atoms with Gasteiger partial charge in [0, 0.05) is 6.07 Å². The van der Waals surface area contributed by atoms with Crippen molar-refractivity contribution in [2.24, 2.45) is 0 Å². The Kier molecular flexibility index (Phi) is 2.04. The van der Waals surface area contributed by atoms with Crippen molar-refractivity contribution in [1.29, 1.82) is 0 Å². The maximum absolute atomic E-state index is 10.4. The Balaban J connectivity index is 3.33. The average Bonchev–Trinajstić information content (AvgIpc) is 1.96. The second kappa shape index (κ2) is 2.85. The van der Waals surface area contributed by atoms with E-state index >= 15 is 0 Å². The number of nitro benzene ring substituents is 1. The highest BCUT2D eigenvalue weighted by atomic mass is 16.6. The number of rotatable bonds is 1. The van der Waals surface area contributed by atoms with Crippen LogP contribution in [0.5, 0.6) is 0 Å². The number of hydrogen-bond acceptors (Lipinski definition) is 3. The first-order valence-corrected chi connectivity index (χ1v) is 3.32. The maximum Gasteiger partial charge on any atom is 0.291 e. The van der Waals surface area contributed by atoms with Crippen molar-refractivity contribution in [2.45, 2.75) is 6.92 Å². The standard InChI is InChI=1S/C7H7BN2O2/c1-4-2-6(9)7(10(11)12)3-5(4)8/h2-3H,9H2,1H3. The SMILES string of the molecule is [B]c1cc([N+](=O)[O-])c(N)cc1C.